The molecule has 19 heavy (non-hydrogen) atoms. The minimum atomic E-state index is -0.937. The number of oxime groups is 1. The Morgan fingerprint density at radius 2 is 2.00 bits per heavy atom. The quantitative estimate of drug-likeness (QED) is 0.474. The lowest BCUT2D eigenvalue weighted by Gasteiger charge is -2.25. The largest absolute Gasteiger partial charge is 0.490 e. The molecule has 1 rings (SSSR count). The average Bonchev–Trinajstić information content (AvgIpc) is 2.44. The first-order chi connectivity index (χ1) is 8.95. The molecule has 0 aliphatic carbocycles. The van der Waals surface area contributed by atoms with E-state index in [0.29, 0.717) is 24.1 Å². The molecule has 0 aliphatic rings. The maximum Gasteiger partial charge on any atom is 0.131 e. The predicted molar refractivity (Wildman–Crippen MR) is 71.4 cm³/mol. The maximum atomic E-state index is 13.3. The van der Waals surface area contributed by atoms with Crippen molar-refractivity contribution in [2.45, 2.75) is 39.2 Å². The van der Waals surface area contributed by atoms with Crippen LogP contribution in [-0.2, 0) is 0 Å². The minimum Gasteiger partial charge on any atom is -0.490 e. The lowest BCUT2D eigenvalue weighted by molar-refractivity contribution is -0.0114. The standard InChI is InChI=1S/C14H20FNO3/c1-4-14(17,5-2)9-19-13-8-11(15)6-7-12(13)10(3)16-18/h6-8,17-18H,4-5,9H2,1-3H3/b16-10+. The van der Waals surface area contributed by atoms with Gasteiger partial charge in [-0.25, -0.2) is 4.39 Å². The summed E-state index contributed by atoms with van der Waals surface area (Å²) in [6.45, 7) is 5.38. The van der Waals surface area contributed by atoms with Gasteiger partial charge in [0.25, 0.3) is 0 Å². The summed E-state index contributed by atoms with van der Waals surface area (Å²) in [7, 11) is 0. The molecule has 5 heteroatoms. The third kappa shape index (κ3) is 3.92. The molecule has 0 unspecified atom stereocenters. The number of hydrogen-bond acceptors (Lipinski definition) is 4. The van der Waals surface area contributed by atoms with E-state index >= 15 is 0 Å². The monoisotopic (exact) mass is 269 g/mol. The van der Waals surface area contributed by atoms with E-state index in [9.17, 15) is 9.50 Å². The summed E-state index contributed by atoms with van der Waals surface area (Å²) in [5, 5.41) is 22.0. The summed E-state index contributed by atoms with van der Waals surface area (Å²) < 4.78 is 18.8. The SMILES string of the molecule is CCC(O)(CC)COc1cc(F)ccc1/C(C)=N/O. The summed E-state index contributed by atoms with van der Waals surface area (Å²) in [5.74, 6) is -0.184. The molecule has 0 aromatic heterocycles. The fourth-order valence-electron chi connectivity index (χ4n) is 1.63. The van der Waals surface area contributed by atoms with E-state index in [2.05, 4.69) is 5.16 Å². The first-order valence-electron chi connectivity index (χ1n) is 6.29. The van der Waals surface area contributed by atoms with Gasteiger partial charge >= 0.3 is 0 Å². The second-order valence-electron chi connectivity index (χ2n) is 4.55. The van der Waals surface area contributed by atoms with Crippen LogP contribution in [0.15, 0.2) is 23.4 Å². The summed E-state index contributed by atoms with van der Waals surface area (Å²) in [5.41, 5.74) is -0.113. The molecule has 0 spiro atoms. The molecule has 0 atom stereocenters. The Bertz CT molecular complexity index is 456. The molecule has 0 saturated carbocycles. The Balaban J connectivity index is 2.97. The highest BCUT2D eigenvalue weighted by Gasteiger charge is 2.24. The Kier molecular flexibility index (Phi) is 5.30. The van der Waals surface area contributed by atoms with Gasteiger partial charge in [-0.05, 0) is 31.9 Å². The highest BCUT2D eigenvalue weighted by Crippen LogP contribution is 2.24. The van der Waals surface area contributed by atoms with Gasteiger partial charge in [-0.1, -0.05) is 19.0 Å². The zero-order chi connectivity index (χ0) is 14.5. The van der Waals surface area contributed by atoms with Crippen LogP contribution < -0.4 is 4.74 Å². The second-order valence-corrected chi connectivity index (χ2v) is 4.55. The van der Waals surface area contributed by atoms with Gasteiger partial charge in [0.2, 0.25) is 0 Å². The van der Waals surface area contributed by atoms with Gasteiger partial charge in [0, 0.05) is 11.6 Å². The summed E-state index contributed by atoms with van der Waals surface area (Å²) in [6.07, 6.45) is 1.09. The molecule has 2 N–H and O–H groups in total. The van der Waals surface area contributed by atoms with Crippen LogP contribution in [0.5, 0.6) is 5.75 Å². The molecular weight excluding hydrogens is 249 g/mol. The van der Waals surface area contributed by atoms with Crippen molar-refractivity contribution in [2.24, 2.45) is 5.16 Å². The Labute approximate surface area is 112 Å². The Morgan fingerprint density at radius 3 is 2.53 bits per heavy atom. The molecule has 0 fully saturated rings. The molecule has 0 heterocycles. The number of benzene rings is 1. The van der Waals surface area contributed by atoms with Gasteiger partial charge < -0.3 is 15.1 Å². The van der Waals surface area contributed by atoms with Crippen LogP contribution in [0.25, 0.3) is 0 Å². The van der Waals surface area contributed by atoms with Crippen LogP contribution >= 0.6 is 0 Å². The molecular formula is C14H20FNO3. The van der Waals surface area contributed by atoms with Crippen LogP contribution in [-0.4, -0.2) is 28.2 Å². The molecule has 1 aromatic carbocycles. The topological polar surface area (TPSA) is 62.0 Å². The van der Waals surface area contributed by atoms with Crippen LogP contribution in [0.1, 0.15) is 39.2 Å². The Morgan fingerprint density at radius 1 is 1.37 bits per heavy atom. The third-order valence-electron chi connectivity index (χ3n) is 3.30. The minimum absolute atomic E-state index is 0.0646. The van der Waals surface area contributed by atoms with Gasteiger partial charge in [0.05, 0.1) is 11.3 Å². The van der Waals surface area contributed by atoms with Gasteiger partial charge in [0.15, 0.2) is 0 Å². The van der Waals surface area contributed by atoms with Crippen LogP contribution in [0.2, 0.25) is 0 Å². The van der Waals surface area contributed by atoms with Crippen molar-refractivity contribution in [2.75, 3.05) is 6.61 Å². The first kappa shape index (κ1) is 15.4. The fourth-order valence-corrected chi connectivity index (χ4v) is 1.63. The highest BCUT2D eigenvalue weighted by atomic mass is 19.1. The predicted octanol–water partition coefficient (Wildman–Crippen LogP) is 2.95. The van der Waals surface area contributed by atoms with Crippen LogP contribution in [0.3, 0.4) is 0 Å². The lowest BCUT2D eigenvalue weighted by atomic mass is 9.99. The van der Waals surface area contributed by atoms with Gasteiger partial charge in [-0.3, -0.25) is 0 Å². The fraction of sp³-hybridized carbons (Fsp3) is 0.500. The number of nitrogens with zero attached hydrogens (tertiary/aromatic N) is 1. The Hall–Kier alpha value is -1.62. The van der Waals surface area contributed by atoms with Crippen molar-refractivity contribution < 1.29 is 19.4 Å². The van der Waals surface area contributed by atoms with E-state index in [4.69, 9.17) is 9.94 Å². The molecule has 0 amide bonds. The number of aliphatic hydroxyl groups is 1. The lowest BCUT2D eigenvalue weighted by Crippen LogP contribution is -2.34. The van der Waals surface area contributed by atoms with E-state index in [0.717, 1.165) is 0 Å². The molecule has 0 saturated heterocycles. The zero-order valence-electron chi connectivity index (χ0n) is 11.5. The molecule has 0 radical (unpaired) electrons. The zero-order valence-corrected chi connectivity index (χ0v) is 11.5. The van der Waals surface area contributed by atoms with Gasteiger partial charge in [-0.2, -0.15) is 0 Å². The molecule has 0 bridgehead atoms. The number of rotatable bonds is 6. The van der Waals surface area contributed by atoms with Crippen LogP contribution in [0.4, 0.5) is 4.39 Å². The van der Waals surface area contributed by atoms with Gasteiger partial charge in [0.1, 0.15) is 18.2 Å². The number of ether oxygens (including phenoxy) is 1. The van der Waals surface area contributed by atoms with E-state index in [1.54, 1.807) is 6.92 Å². The van der Waals surface area contributed by atoms with Crippen molar-refractivity contribution in [1.82, 2.24) is 0 Å². The molecule has 1 aromatic rings. The third-order valence-corrected chi connectivity index (χ3v) is 3.30. The normalized spacial score (nSPS) is 12.6. The van der Waals surface area contributed by atoms with Crippen molar-refractivity contribution in [3.63, 3.8) is 0 Å². The summed E-state index contributed by atoms with van der Waals surface area (Å²) >= 11 is 0. The average molecular weight is 269 g/mol. The molecule has 106 valence electrons. The van der Waals surface area contributed by atoms with Crippen molar-refractivity contribution >= 4 is 5.71 Å². The second kappa shape index (κ2) is 6.52. The van der Waals surface area contributed by atoms with E-state index in [1.165, 1.54) is 18.2 Å². The van der Waals surface area contributed by atoms with Gasteiger partial charge in [-0.15, -0.1) is 0 Å². The van der Waals surface area contributed by atoms with E-state index in [1.807, 2.05) is 13.8 Å². The summed E-state index contributed by atoms with van der Waals surface area (Å²) in [6, 6.07) is 3.97. The summed E-state index contributed by atoms with van der Waals surface area (Å²) in [4.78, 5) is 0. The van der Waals surface area contributed by atoms with E-state index in [-0.39, 0.29) is 12.4 Å². The first-order valence-corrected chi connectivity index (χ1v) is 6.29. The molecule has 0 aliphatic heterocycles. The van der Waals surface area contributed by atoms with Crippen molar-refractivity contribution in [3.05, 3.63) is 29.6 Å². The maximum absolute atomic E-state index is 13.3. The van der Waals surface area contributed by atoms with E-state index < -0.39 is 11.4 Å². The molecule has 4 nitrogen and oxygen atoms in total. The number of halogens is 1. The van der Waals surface area contributed by atoms with Crippen molar-refractivity contribution in [3.8, 4) is 5.75 Å². The van der Waals surface area contributed by atoms with Crippen LogP contribution in [0, 0.1) is 5.82 Å². The van der Waals surface area contributed by atoms with Crippen molar-refractivity contribution in [1.29, 1.82) is 0 Å². The number of hydrogen-bond donors (Lipinski definition) is 2. The highest BCUT2D eigenvalue weighted by molar-refractivity contribution is 6.00. The smallest absolute Gasteiger partial charge is 0.131 e.